The molecule has 0 spiro atoms. The second kappa shape index (κ2) is 3.83. The number of aromatic carboxylic acids is 1. The Labute approximate surface area is 81.3 Å². The summed E-state index contributed by atoms with van der Waals surface area (Å²) in [5, 5.41) is 8.58. The molecular weight excluding hydrogens is 246 g/mol. The van der Waals surface area contributed by atoms with Crippen LogP contribution in [0.5, 0.6) is 0 Å². The van der Waals surface area contributed by atoms with Gasteiger partial charge in [-0.2, -0.15) is 0 Å². The number of halogens is 3. The molecule has 0 bridgehead atoms. The van der Waals surface area contributed by atoms with E-state index in [4.69, 9.17) is 5.11 Å². The smallest absolute Gasteiger partial charge is 0.338 e. The van der Waals surface area contributed by atoms with Gasteiger partial charge in [0.2, 0.25) is 0 Å². The molecule has 0 fully saturated rings. The van der Waals surface area contributed by atoms with Crippen molar-refractivity contribution in [1.82, 2.24) is 0 Å². The molecule has 0 unspecified atom stereocenters. The van der Waals surface area contributed by atoms with Crippen LogP contribution in [-0.2, 0) is 5.33 Å². The average Bonchev–Trinajstić information content (AvgIpc) is 2.07. The normalized spacial score (nSPS) is 10.1. The van der Waals surface area contributed by atoms with E-state index in [1.54, 1.807) is 0 Å². The molecule has 0 radical (unpaired) electrons. The van der Waals surface area contributed by atoms with Crippen LogP contribution in [0.1, 0.15) is 15.9 Å². The molecule has 1 aromatic rings. The first-order chi connectivity index (χ1) is 6.06. The zero-order chi connectivity index (χ0) is 10.0. The van der Waals surface area contributed by atoms with E-state index in [-0.39, 0.29) is 10.9 Å². The molecule has 0 heterocycles. The van der Waals surface area contributed by atoms with Crippen molar-refractivity contribution in [3.63, 3.8) is 0 Å². The SMILES string of the molecule is O=C(O)c1cc(F)c(CBr)cc1F. The van der Waals surface area contributed by atoms with Gasteiger partial charge in [-0.3, -0.25) is 0 Å². The first-order valence-electron chi connectivity index (χ1n) is 3.33. The molecule has 0 aliphatic carbocycles. The lowest BCUT2D eigenvalue weighted by atomic mass is 10.1. The van der Waals surface area contributed by atoms with Crippen LogP contribution in [0.4, 0.5) is 8.78 Å². The van der Waals surface area contributed by atoms with E-state index >= 15 is 0 Å². The highest BCUT2D eigenvalue weighted by molar-refractivity contribution is 9.08. The fraction of sp³-hybridized carbons (Fsp3) is 0.125. The number of carbonyl (C=O) groups is 1. The van der Waals surface area contributed by atoms with Crippen LogP contribution in [0.15, 0.2) is 12.1 Å². The summed E-state index contributed by atoms with van der Waals surface area (Å²) in [6.45, 7) is 0. The van der Waals surface area contributed by atoms with Gasteiger partial charge >= 0.3 is 5.97 Å². The highest BCUT2D eigenvalue weighted by atomic mass is 79.9. The maximum atomic E-state index is 12.9. The van der Waals surface area contributed by atoms with Crippen molar-refractivity contribution >= 4 is 21.9 Å². The Morgan fingerprint density at radius 2 is 2.00 bits per heavy atom. The zero-order valence-electron chi connectivity index (χ0n) is 6.35. The van der Waals surface area contributed by atoms with Crippen molar-refractivity contribution in [2.75, 3.05) is 0 Å². The molecule has 0 aliphatic heterocycles. The molecule has 70 valence electrons. The number of hydrogen-bond donors (Lipinski definition) is 1. The minimum absolute atomic E-state index is 0.0995. The van der Waals surface area contributed by atoms with Gasteiger partial charge in [-0.15, -0.1) is 0 Å². The monoisotopic (exact) mass is 250 g/mol. The Bertz CT molecular complexity index is 352. The molecule has 0 aromatic heterocycles. The Balaban J connectivity index is 3.28. The highest BCUT2D eigenvalue weighted by Crippen LogP contribution is 2.17. The third kappa shape index (κ3) is 2.03. The van der Waals surface area contributed by atoms with E-state index in [9.17, 15) is 13.6 Å². The van der Waals surface area contributed by atoms with Crippen molar-refractivity contribution in [1.29, 1.82) is 0 Å². The van der Waals surface area contributed by atoms with Crippen molar-refractivity contribution in [2.24, 2.45) is 0 Å². The third-order valence-electron chi connectivity index (χ3n) is 1.51. The first kappa shape index (κ1) is 10.1. The van der Waals surface area contributed by atoms with E-state index in [1.807, 2.05) is 0 Å². The van der Waals surface area contributed by atoms with Gasteiger partial charge in [0, 0.05) is 10.9 Å². The van der Waals surface area contributed by atoms with Gasteiger partial charge < -0.3 is 5.11 Å². The van der Waals surface area contributed by atoms with Crippen molar-refractivity contribution in [2.45, 2.75) is 5.33 Å². The molecule has 1 N–H and O–H groups in total. The molecule has 0 saturated heterocycles. The summed E-state index contributed by atoms with van der Waals surface area (Å²) in [5.74, 6) is -3.13. The van der Waals surface area contributed by atoms with Crippen LogP contribution < -0.4 is 0 Å². The molecule has 2 nitrogen and oxygen atoms in total. The molecule has 0 atom stereocenters. The van der Waals surface area contributed by atoms with Crippen LogP contribution in [0.2, 0.25) is 0 Å². The summed E-state index contributed by atoms with van der Waals surface area (Å²) in [6, 6.07) is 1.54. The quantitative estimate of drug-likeness (QED) is 0.820. The number of rotatable bonds is 2. The van der Waals surface area contributed by atoms with Crippen molar-refractivity contribution in [3.8, 4) is 0 Å². The van der Waals surface area contributed by atoms with Gasteiger partial charge in [0.15, 0.2) is 0 Å². The second-order valence-electron chi connectivity index (χ2n) is 2.36. The Hall–Kier alpha value is -0.970. The van der Waals surface area contributed by atoms with Gasteiger partial charge in [-0.1, -0.05) is 15.9 Å². The number of carboxylic acids is 1. The summed E-state index contributed by atoms with van der Waals surface area (Å²) < 4.78 is 25.8. The van der Waals surface area contributed by atoms with E-state index in [2.05, 4.69) is 15.9 Å². The minimum atomic E-state index is -1.47. The fourth-order valence-electron chi connectivity index (χ4n) is 0.854. The van der Waals surface area contributed by atoms with Gasteiger partial charge in [0.05, 0.1) is 5.56 Å². The number of benzene rings is 1. The van der Waals surface area contributed by atoms with E-state index in [0.717, 1.165) is 6.07 Å². The molecule has 0 amide bonds. The van der Waals surface area contributed by atoms with Gasteiger partial charge in [-0.25, -0.2) is 13.6 Å². The Morgan fingerprint density at radius 3 is 2.46 bits per heavy atom. The summed E-state index contributed by atoms with van der Waals surface area (Å²) in [6.07, 6.45) is 0. The third-order valence-corrected chi connectivity index (χ3v) is 2.11. The maximum Gasteiger partial charge on any atom is 0.338 e. The molecular formula is C8H5BrF2O2. The van der Waals surface area contributed by atoms with Crippen LogP contribution in [0.25, 0.3) is 0 Å². The van der Waals surface area contributed by atoms with Gasteiger partial charge in [0.25, 0.3) is 0 Å². The zero-order valence-corrected chi connectivity index (χ0v) is 7.94. The average molecular weight is 251 g/mol. The van der Waals surface area contributed by atoms with Crippen molar-refractivity contribution in [3.05, 3.63) is 34.9 Å². The standard InChI is InChI=1S/C8H5BrF2O2/c9-3-4-1-7(11)5(8(12)13)2-6(4)10/h1-2H,3H2,(H,12,13). The van der Waals surface area contributed by atoms with Crippen LogP contribution >= 0.6 is 15.9 Å². The summed E-state index contributed by atoms with van der Waals surface area (Å²) >= 11 is 2.95. The number of hydrogen-bond acceptors (Lipinski definition) is 1. The predicted octanol–water partition coefficient (Wildman–Crippen LogP) is 2.56. The highest BCUT2D eigenvalue weighted by Gasteiger charge is 2.14. The van der Waals surface area contributed by atoms with E-state index < -0.39 is 23.2 Å². The number of carboxylic acid groups (broad SMARTS) is 1. The maximum absolute atomic E-state index is 12.9. The summed E-state index contributed by atoms with van der Waals surface area (Å²) in [7, 11) is 0. The van der Waals surface area contributed by atoms with Gasteiger partial charge in [0.1, 0.15) is 11.6 Å². The van der Waals surface area contributed by atoms with Crippen LogP contribution in [-0.4, -0.2) is 11.1 Å². The molecule has 0 aliphatic rings. The second-order valence-corrected chi connectivity index (χ2v) is 2.92. The molecule has 0 saturated carbocycles. The van der Waals surface area contributed by atoms with Crippen LogP contribution in [0.3, 0.4) is 0 Å². The fourth-order valence-corrected chi connectivity index (χ4v) is 1.28. The molecule has 5 heteroatoms. The summed E-state index contributed by atoms with van der Waals surface area (Å²) in [5.41, 5.74) is -0.551. The molecule has 1 aromatic carbocycles. The lowest BCUT2D eigenvalue weighted by Crippen LogP contribution is -2.03. The first-order valence-corrected chi connectivity index (χ1v) is 4.45. The summed E-state index contributed by atoms with van der Waals surface area (Å²) in [4.78, 5) is 10.4. The molecule has 1 rings (SSSR count). The Morgan fingerprint density at radius 1 is 1.38 bits per heavy atom. The van der Waals surface area contributed by atoms with Gasteiger partial charge in [-0.05, 0) is 12.1 Å². The topological polar surface area (TPSA) is 37.3 Å². The molecule has 13 heavy (non-hydrogen) atoms. The van der Waals surface area contributed by atoms with E-state index in [1.165, 1.54) is 0 Å². The van der Waals surface area contributed by atoms with Crippen molar-refractivity contribution < 1.29 is 18.7 Å². The lowest BCUT2D eigenvalue weighted by Gasteiger charge is -2.01. The largest absolute Gasteiger partial charge is 0.478 e. The lowest BCUT2D eigenvalue weighted by molar-refractivity contribution is 0.0691. The van der Waals surface area contributed by atoms with E-state index in [0.29, 0.717) is 6.07 Å². The minimum Gasteiger partial charge on any atom is -0.478 e. The predicted molar refractivity (Wildman–Crippen MR) is 45.9 cm³/mol. The number of alkyl halides is 1. The Kier molecular flexibility index (Phi) is 2.98. The van der Waals surface area contributed by atoms with Crippen LogP contribution in [0, 0.1) is 11.6 Å².